The van der Waals surface area contributed by atoms with E-state index < -0.39 is 0 Å². The van der Waals surface area contributed by atoms with Crippen LogP contribution in [0.25, 0.3) is 0 Å². The molecule has 2 aromatic carbocycles. The van der Waals surface area contributed by atoms with E-state index in [0.717, 1.165) is 34.3 Å². The molecule has 0 saturated carbocycles. The monoisotopic (exact) mass is 312 g/mol. The second kappa shape index (κ2) is 6.79. The van der Waals surface area contributed by atoms with Crippen molar-refractivity contribution in [1.82, 2.24) is 9.97 Å². The van der Waals surface area contributed by atoms with E-state index in [1.54, 1.807) is 11.8 Å². The van der Waals surface area contributed by atoms with E-state index in [2.05, 4.69) is 22.1 Å². The molecule has 0 saturated heterocycles. The zero-order chi connectivity index (χ0) is 15.4. The molecule has 4 heteroatoms. The summed E-state index contributed by atoms with van der Waals surface area (Å²) in [4.78, 5) is 8.00. The summed E-state index contributed by atoms with van der Waals surface area (Å²) in [5, 5.41) is 0.910. The van der Waals surface area contributed by atoms with Crippen LogP contribution in [0, 0.1) is 12.7 Å². The molecule has 0 aliphatic carbocycles. The first-order valence-electron chi connectivity index (χ1n) is 7.17. The average Bonchev–Trinajstić information content (AvgIpc) is 2.88. The van der Waals surface area contributed by atoms with E-state index in [0.29, 0.717) is 0 Å². The summed E-state index contributed by atoms with van der Waals surface area (Å²) in [6.07, 6.45) is 0.834. The molecule has 0 spiro atoms. The van der Waals surface area contributed by atoms with Gasteiger partial charge in [-0.05, 0) is 30.2 Å². The van der Waals surface area contributed by atoms with Crippen molar-refractivity contribution in [1.29, 1.82) is 0 Å². The SMILES string of the molecule is Cc1[nH]c(SCc2ccc(F)cc2)nc1Cc1ccccc1. The maximum absolute atomic E-state index is 12.9. The van der Waals surface area contributed by atoms with Gasteiger partial charge in [0, 0.05) is 17.9 Å². The largest absolute Gasteiger partial charge is 0.337 e. The summed E-state index contributed by atoms with van der Waals surface area (Å²) in [6, 6.07) is 16.9. The van der Waals surface area contributed by atoms with E-state index >= 15 is 0 Å². The maximum atomic E-state index is 12.9. The Morgan fingerprint density at radius 1 is 1.00 bits per heavy atom. The number of hydrogen-bond donors (Lipinski definition) is 1. The van der Waals surface area contributed by atoms with Crippen molar-refractivity contribution in [2.24, 2.45) is 0 Å². The number of hydrogen-bond acceptors (Lipinski definition) is 2. The average molecular weight is 312 g/mol. The number of aryl methyl sites for hydroxylation is 1. The van der Waals surface area contributed by atoms with Crippen molar-refractivity contribution in [2.45, 2.75) is 24.3 Å². The molecule has 0 fully saturated rings. The molecule has 22 heavy (non-hydrogen) atoms. The van der Waals surface area contributed by atoms with E-state index in [9.17, 15) is 4.39 Å². The van der Waals surface area contributed by atoms with Crippen LogP contribution in [0.5, 0.6) is 0 Å². The fourth-order valence-electron chi connectivity index (χ4n) is 2.23. The number of nitrogens with zero attached hydrogens (tertiary/aromatic N) is 1. The fourth-order valence-corrected chi connectivity index (χ4v) is 3.12. The van der Waals surface area contributed by atoms with Gasteiger partial charge in [-0.1, -0.05) is 54.2 Å². The van der Waals surface area contributed by atoms with Crippen molar-refractivity contribution in [2.75, 3.05) is 0 Å². The lowest BCUT2D eigenvalue weighted by molar-refractivity contribution is 0.627. The van der Waals surface area contributed by atoms with Gasteiger partial charge in [0.1, 0.15) is 5.82 Å². The Bertz CT molecular complexity index is 736. The minimum atomic E-state index is -0.201. The molecule has 3 aromatic rings. The summed E-state index contributed by atoms with van der Waals surface area (Å²) in [5.41, 5.74) is 4.52. The topological polar surface area (TPSA) is 28.7 Å². The van der Waals surface area contributed by atoms with Crippen LogP contribution in [0.2, 0.25) is 0 Å². The molecule has 0 aliphatic rings. The fraction of sp³-hybridized carbons (Fsp3) is 0.167. The molecule has 1 heterocycles. The van der Waals surface area contributed by atoms with Gasteiger partial charge in [-0.3, -0.25) is 0 Å². The van der Waals surface area contributed by atoms with Crippen molar-refractivity contribution >= 4 is 11.8 Å². The highest BCUT2D eigenvalue weighted by atomic mass is 32.2. The van der Waals surface area contributed by atoms with E-state index in [4.69, 9.17) is 0 Å². The van der Waals surface area contributed by atoms with Gasteiger partial charge in [-0.2, -0.15) is 0 Å². The predicted octanol–water partition coefficient (Wildman–Crippen LogP) is 4.74. The van der Waals surface area contributed by atoms with Gasteiger partial charge in [-0.15, -0.1) is 0 Å². The molecule has 0 bridgehead atoms. The van der Waals surface area contributed by atoms with Crippen molar-refractivity contribution in [3.8, 4) is 0 Å². The number of benzene rings is 2. The zero-order valence-corrected chi connectivity index (χ0v) is 13.2. The van der Waals surface area contributed by atoms with Crippen LogP contribution in [0.4, 0.5) is 4.39 Å². The van der Waals surface area contributed by atoms with Crippen LogP contribution in [-0.2, 0) is 12.2 Å². The van der Waals surface area contributed by atoms with Gasteiger partial charge in [0.2, 0.25) is 0 Å². The van der Waals surface area contributed by atoms with Gasteiger partial charge >= 0.3 is 0 Å². The second-order valence-corrected chi connectivity index (χ2v) is 6.16. The molecular weight excluding hydrogens is 295 g/mol. The van der Waals surface area contributed by atoms with Gasteiger partial charge in [-0.25, -0.2) is 9.37 Å². The molecular formula is C18H17FN2S. The summed E-state index contributed by atoms with van der Waals surface area (Å²) < 4.78 is 12.9. The Morgan fingerprint density at radius 3 is 2.45 bits per heavy atom. The number of aromatic nitrogens is 2. The molecule has 0 aliphatic heterocycles. The third-order valence-corrected chi connectivity index (χ3v) is 4.41. The first kappa shape index (κ1) is 14.9. The third-order valence-electron chi connectivity index (χ3n) is 3.47. The number of thioether (sulfide) groups is 1. The lowest BCUT2D eigenvalue weighted by Crippen LogP contribution is -1.90. The maximum Gasteiger partial charge on any atom is 0.166 e. The van der Waals surface area contributed by atoms with Gasteiger partial charge in [0.15, 0.2) is 5.16 Å². The molecule has 0 radical (unpaired) electrons. The van der Waals surface area contributed by atoms with Gasteiger partial charge in [0.25, 0.3) is 0 Å². The smallest absolute Gasteiger partial charge is 0.166 e. The number of nitrogens with one attached hydrogen (secondary N) is 1. The van der Waals surface area contributed by atoms with Crippen LogP contribution >= 0.6 is 11.8 Å². The molecule has 1 aromatic heterocycles. The highest BCUT2D eigenvalue weighted by Crippen LogP contribution is 2.22. The molecule has 2 nitrogen and oxygen atoms in total. The number of halogens is 1. The predicted molar refractivity (Wildman–Crippen MR) is 88.5 cm³/mol. The summed E-state index contributed by atoms with van der Waals surface area (Å²) >= 11 is 1.64. The summed E-state index contributed by atoms with van der Waals surface area (Å²) in [6.45, 7) is 2.05. The molecule has 112 valence electrons. The molecule has 3 rings (SSSR count). The summed E-state index contributed by atoms with van der Waals surface area (Å²) in [5.74, 6) is 0.575. The number of imidazole rings is 1. The van der Waals surface area contributed by atoms with Crippen molar-refractivity contribution in [3.05, 3.63) is 82.9 Å². The number of H-pyrrole nitrogens is 1. The Labute approximate surface area is 133 Å². The Hall–Kier alpha value is -2.07. The first-order valence-corrected chi connectivity index (χ1v) is 8.16. The molecule has 0 amide bonds. The van der Waals surface area contributed by atoms with Gasteiger partial charge in [0.05, 0.1) is 5.69 Å². The van der Waals surface area contributed by atoms with Crippen LogP contribution < -0.4 is 0 Å². The molecule has 0 unspecified atom stereocenters. The van der Waals surface area contributed by atoms with Crippen LogP contribution in [-0.4, -0.2) is 9.97 Å². The Kier molecular flexibility index (Phi) is 4.59. The van der Waals surface area contributed by atoms with Crippen LogP contribution in [0.3, 0.4) is 0 Å². The Balaban J connectivity index is 1.65. The van der Waals surface area contributed by atoms with Crippen LogP contribution in [0.1, 0.15) is 22.5 Å². The highest BCUT2D eigenvalue weighted by molar-refractivity contribution is 7.98. The summed E-state index contributed by atoms with van der Waals surface area (Å²) in [7, 11) is 0. The van der Waals surface area contributed by atoms with Crippen molar-refractivity contribution in [3.63, 3.8) is 0 Å². The molecule has 1 N–H and O–H groups in total. The van der Waals surface area contributed by atoms with Crippen LogP contribution in [0.15, 0.2) is 59.8 Å². The second-order valence-electron chi connectivity index (χ2n) is 5.19. The van der Waals surface area contributed by atoms with E-state index in [-0.39, 0.29) is 5.82 Å². The molecule has 0 atom stereocenters. The highest BCUT2D eigenvalue weighted by Gasteiger charge is 2.08. The first-order chi connectivity index (χ1) is 10.7. The lowest BCUT2D eigenvalue weighted by atomic mass is 10.1. The zero-order valence-electron chi connectivity index (χ0n) is 12.3. The van der Waals surface area contributed by atoms with E-state index in [1.807, 2.05) is 37.3 Å². The van der Waals surface area contributed by atoms with E-state index in [1.165, 1.54) is 17.7 Å². The third kappa shape index (κ3) is 3.77. The minimum Gasteiger partial charge on any atom is -0.337 e. The quantitative estimate of drug-likeness (QED) is 0.689. The standard InChI is InChI=1S/C18H17FN2S/c1-13-17(11-14-5-3-2-4-6-14)21-18(20-13)22-12-15-7-9-16(19)10-8-15/h2-10H,11-12H2,1H3,(H,20,21). The lowest BCUT2D eigenvalue weighted by Gasteiger charge is -1.99. The van der Waals surface area contributed by atoms with Crippen molar-refractivity contribution < 1.29 is 4.39 Å². The normalized spacial score (nSPS) is 10.8. The number of aromatic amines is 1. The Morgan fingerprint density at radius 2 is 1.73 bits per heavy atom. The number of rotatable bonds is 5. The minimum absolute atomic E-state index is 0.201. The van der Waals surface area contributed by atoms with Gasteiger partial charge < -0.3 is 4.98 Å².